The lowest BCUT2D eigenvalue weighted by Gasteiger charge is -2.27. The molecule has 2 bridgehead atoms. The van der Waals surface area contributed by atoms with Crippen LogP contribution in [-0.4, -0.2) is 57.1 Å². The summed E-state index contributed by atoms with van der Waals surface area (Å²) in [7, 11) is 3.56. The van der Waals surface area contributed by atoms with Crippen LogP contribution in [0.5, 0.6) is 0 Å². The van der Waals surface area contributed by atoms with Crippen LogP contribution < -0.4 is 0 Å². The standard InChI is InChI=1S/C7H13BO4/c1-10-5-4-6(8)12-7(5,2-9)3-11-4/h4-6,9H,2-3,8H2,1H3/t4?,5?,6?,7-/m1/s1. The van der Waals surface area contributed by atoms with Gasteiger partial charge in [0.05, 0.1) is 19.2 Å². The topological polar surface area (TPSA) is 47.9 Å². The molecule has 4 atom stereocenters. The van der Waals surface area contributed by atoms with E-state index in [0.717, 1.165) is 0 Å². The zero-order valence-electron chi connectivity index (χ0n) is 7.32. The van der Waals surface area contributed by atoms with Crippen molar-refractivity contribution >= 4 is 7.85 Å². The van der Waals surface area contributed by atoms with Crippen molar-refractivity contribution in [3.8, 4) is 0 Å². The van der Waals surface area contributed by atoms with E-state index < -0.39 is 5.60 Å². The van der Waals surface area contributed by atoms with Crippen LogP contribution in [0.15, 0.2) is 0 Å². The molecule has 2 fully saturated rings. The Morgan fingerprint density at radius 1 is 1.75 bits per heavy atom. The predicted molar refractivity (Wildman–Crippen MR) is 43.8 cm³/mol. The second kappa shape index (κ2) is 2.70. The lowest BCUT2D eigenvalue weighted by Crippen LogP contribution is -2.45. The predicted octanol–water partition coefficient (Wildman–Crippen LogP) is -1.88. The molecule has 3 unspecified atom stereocenters. The largest absolute Gasteiger partial charge is 0.393 e. The van der Waals surface area contributed by atoms with Crippen LogP contribution in [0.3, 0.4) is 0 Å². The fourth-order valence-corrected chi connectivity index (χ4v) is 2.15. The monoisotopic (exact) mass is 172 g/mol. The summed E-state index contributed by atoms with van der Waals surface area (Å²) >= 11 is 0. The third-order valence-corrected chi connectivity index (χ3v) is 2.74. The molecule has 0 aromatic heterocycles. The number of ether oxygens (including phenoxy) is 3. The molecule has 0 aliphatic carbocycles. The van der Waals surface area contributed by atoms with E-state index in [2.05, 4.69) is 0 Å². The van der Waals surface area contributed by atoms with Gasteiger partial charge in [-0.2, -0.15) is 0 Å². The Bertz CT molecular complexity index is 188. The molecule has 0 spiro atoms. The molecule has 4 nitrogen and oxygen atoms in total. The molecule has 0 aromatic carbocycles. The maximum Gasteiger partial charge on any atom is 0.142 e. The molecule has 0 saturated carbocycles. The molecule has 5 heteroatoms. The van der Waals surface area contributed by atoms with Crippen LogP contribution in [0.25, 0.3) is 0 Å². The molecule has 0 radical (unpaired) electrons. The van der Waals surface area contributed by atoms with Crippen molar-refractivity contribution in [3.63, 3.8) is 0 Å². The van der Waals surface area contributed by atoms with Gasteiger partial charge in [0.15, 0.2) is 0 Å². The van der Waals surface area contributed by atoms with E-state index in [1.54, 1.807) is 7.11 Å². The first-order valence-electron chi connectivity index (χ1n) is 4.16. The quantitative estimate of drug-likeness (QED) is 0.495. The van der Waals surface area contributed by atoms with Gasteiger partial charge < -0.3 is 19.3 Å². The summed E-state index contributed by atoms with van der Waals surface area (Å²) in [5.41, 5.74) is -0.598. The van der Waals surface area contributed by atoms with Gasteiger partial charge in [0, 0.05) is 7.11 Å². The number of aliphatic hydroxyl groups is 1. The minimum Gasteiger partial charge on any atom is -0.393 e. The van der Waals surface area contributed by atoms with E-state index in [-0.39, 0.29) is 24.8 Å². The average molecular weight is 172 g/mol. The van der Waals surface area contributed by atoms with E-state index in [4.69, 9.17) is 14.2 Å². The molecule has 68 valence electrons. The maximum atomic E-state index is 9.18. The van der Waals surface area contributed by atoms with Gasteiger partial charge in [-0.05, 0) is 0 Å². The first kappa shape index (κ1) is 8.50. The Hall–Kier alpha value is -0.0951. The molecule has 2 aliphatic rings. The van der Waals surface area contributed by atoms with Crippen LogP contribution in [0.4, 0.5) is 0 Å². The van der Waals surface area contributed by atoms with Crippen molar-refractivity contribution < 1.29 is 19.3 Å². The van der Waals surface area contributed by atoms with Crippen molar-refractivity contribution in [3.05, 3.63) is 0 Å². The molecule has 2 heterocycles. The molecular weight excluding hydrogens is 159 g/mol. The highest BCUT2D eigenvalue weighted by molar-refractivity contribution is 6.11. The number of methoxy groups -OCH3 is 1. The van der Waals surface area contributed by atoms with Gasteiger partial charge in [0.1, 0.15) is 25.7 Å². The summed E-state index contributed by atoms with van der Waals surface area (Å²) in [6.45, 7) is 0.406. The zero-order chi connectivity index (χ0) is 8.77. The molecule has 0 amide bonds. The molecule has 2 aliphatic heterocycles. The van der Waals surface area contributed by atoms with Crippen molar-refractivity contribution in [2.45, 2.75) is 23.8 Å². The summed E-state index contributed by atoms with van der Waals surface area (Å²) in [6.07, 6.45) is -0.125. The minimum atomic E-state index is -0.598. The Balaban J connectivity index is 2.23. The minimum absolute atomic E-state index is 0.0119. The van der Waals surface area contributed by atoms with Crippen LogP contribution in [0, 0.1) is 0 Å². The highest BCUT2D eigenvalue weighted by Gasteiger charge is 2.60. The van der Waals surface area contributed by atoms with E-state index in [0.29, 0.717) is 6.61 Å². The molecule has 2 rings (SSSR count). The molecule has 1 N–H and O–H groups in total. The molecular formula is C7H13BO4. The second-order valence-corrected chi connectivity index (χ2v) is 3.48. The summed E-state index contributed by atoms with van der Waals surface area (Å²) < 4.78 is 16.3. The number of hydrogen-bond donors (Lipinski definition) is 1. The SMILES string of the molecule is BC1O[C@]2(CO)COC1C2OC. The maximum absolute atomic E-state index is 9.18. The number of hydrogen-bond acceptors (Lipinski definition) is 4. The number of fused-ring (bicyclic) bond motifs is 2. The van der Waals surface area contributed by atoms with Crippen molar-refractivity contribution in [2.24, 2.45) is 0 Å². The smallest absolute Gasteiger partial charge is 0.142 e. The highest BCUT2D eigenvalue weighted by Crippen LogP contribution is 2.40. The number of aliphatic hydroxyl groups excluding tert-OH is 1. The van der Waals surface area contributed by atoms with E-state index >= 15 is 0 Å². The zero-order valence-corrected chi connectivity index (χ0v) is 7.32. The van der Waals surface area contributed by atoms with E-state index in [9.17, 15) is 5.11 Å². The van der Waals surface area contributed by atoms with Gasteiger partial charge in [0.25, 0.3) is 0 Å². The fourth-order valence-electron chi connectivity index (χ4n) is 2.15. The Morgan fingerprint density at radius 3 is 2.92 bits per heavy atom. The molecule has 12 heavy (non-hydrogen) atoms. The van der Waals surface area contributed by atoms with Gasteiger partial charge in [-0.1, -0.05) is 0 Å². The third-order valence-electron chi connectivity index (χ3n) is 2.74. The van der Waals surface area contributed by atoms with Crippen molar-refractivity contribution in [2.75, 3.05) is 20.3 Å². The Kier molecular flexibility index (Phi) is 1.91. The van der Waals surface area contributed by atoms with E-state index in [1.807, 2.05) is 7.85 Å². The van der Waals surface area contributed by atoms with Crippen LogP contribution in [-0.2, 0) is 14.2 Å². The van der Waals surface area contributed by atoms with Gasteiger partial charge in [0.2, 0.25) is 0 Å². The highest BCUT2D eigenvalue weighted by atomic mass is 16.7. The normalized spacial score (nSPS) is 51.7. The van der Waals surface area contributed by atoms with Gasteiger partial charge >= 0.3 is 0 Å². The van der Waals surface area contributed by atoms with Crippen LogP contribution in [0.1, 0.15) is 0 Å². The lowest BCUT2D eigenvalue weighted by molar-refractivity contribution is -0.138. The van der Waals surface area contributed by atoms with Crippen molar-refractivity contribution in [1.29, 1.82) is 0 Å². The van der Waals surface area contributed by atoms with Gasteiger partial charge in [-0.25, -0.2) is 0 Å². The van der Waals surface area contributed by atoms with Crippen LogP contribution in [0.2, 0.25) is 0 Å². The molecule has 2 saturated heterocycles. The van der Waals surface area contributed by atoms with Crippen molar-refractivity contribution in [1.82, 2.24) is 0 Å². The third kappa shape index (κ3) is 0.878. The Labute approximate surface area is 72.2 Å². The lowest BCUT2D eigenvalue weighted by atomic mass is 9.92. The van der Waals surface area contributed by atoms with E-state index in [1.165, 1.54) is 0 Å². The fraction of sp³-hybridized carbons (Fsp3) is 1.00. The summed E-state index contributed by atoms with van der Waals surface area (Å²) in [5, 5.41) is 9.18. The van der Waals surface area contributed by atoms with Crippen LogP contribution >= 0.6 is 0 Å². The van der Waals surface area contributed by atoms with Gasteiger partial charge in [-0.15, -0.1) is 0 Å². The Morgan fingerprint density at radius 2 is 2.50 bits per heavy atom. The first-order chi connectivity index (χ1) is 5.73. The second-order valence-electron chi connectivity index (χ2n) is 3.48. The summed E-state index contributed by atoms with van der Waals surface area (Å²) in [4.78, 5) is 0. The van der Waals surface area contributed by atoms with Gasteiger partial charge in [-0.3, -0.25) is 0 Å². The average Bonchev–Trinajstić information content (AvgIpc) is 2.56. The summed E-state index contributed by atoms with van der Waals surface area (Å²) in [5.74, 6) is 0. The number of rotatable bonds is 2. The molecule has 0 aromatic rings. The first-order valence-corrected chi connectivity index (χ1v) is 4.16. The summed E-state index contributed by atoms with van der Waals surface area (Å²) in [6, 6.07) is 0.0239.